The van der Waals surface area contributed by atoms with Crippen LogP contribution in [0.1, 0.15) is 18.4 Å². The number of nitrogens with one attached hydrogen (secondary N) is 2. The van der Waals surface area contributed by atoms with Gasteiger partial charge in [-0.3, -0.25) is 4.79 Å². The summed E-state index contributed by atoms with van der Waals surface area (Å²) >= 11 is 6.30. The fourth-order valence-electron chi connectivity index (χ4n) is 2.27. The molecule has 5 nitrogen and oxygen atoms in total. The van der Waals surface area contributed by atoms with Gasteiger partial charge in [-0.15, -0.1) is 0 Å². The van der Waals surface area contributed by atoms with Gasteiger partial charge in [0.05, 0.1) is 25.3 Å². The van der Waals surface area contributed by atoms with Crippen molar-refractivity contribution in [2.24, 2.45) is 0 Å². The van der Waals surface area contributed by atoms with Crippen LogP contribution in [0.5, 0.6) is 11.5 Å². The fourth-order valence-corrected chi connectivity index (χ4v) is 2.57. The van der Waals surface area contributed by atoms with Gasteiger partial charge in [-0.2, -0.15) is 0 Å². The summed E-state index contributed by atoms with van der Waals surface area (Å²) < 4.78 is 10.4. The van der Waals surface area contributed by atoms with Gasteiger partial charge in [0.1, 0.15) is 0 Å². The lowest BCUT2D eigenvalue weighted by Crippen LogP contribution is -2.47. The van der Waals surface area contributed by atoms with Crippen molar-refractivity contribution in [3.05, 3.63) is 22.7 Å². The van der Waals surface area contributed by atoms with E-state index in [9.17, 15) is 4.79 Å². The Labute approximate surface area is 123 Å². The molecule has 1 heterocycles. The molecule has 1 aliphatic heterocycles. The van der Waals surface area contributed by atoms with Crippen LogP contribution in [-0.4, -0.2) is 32.7 Å². The standard InChI is InChI=1S/C14H19ClN2O3/c1-19-11-6-5-9(12(15)13(11)20-2)8-17-10-4-3-7-16-14(10)18/h5-6,10,17H,3-4,7-8H2,1-2H3,(H,16,18). The average molecular weight is 299 g/mol. The molecule has 1 atom stereocenters. The van der Waals surface area contributed by atoms with E-state index in [0.717, 1.165) is 24.9 Å². The second-order valence-electron chi connectivity index (χ2n) is 4.64. The summed E-state index contributed by atoms with van der Waals surface area (Å²) in [5.74, 6) is 1.16. The highest BCUT2D eigenvalue weighted by Gasteiger charge is 2.22. The monoisotopic (exact) mass is 298 g/mol. The van der Waals surface area contributed by atoms with Gasteiger partial charge in [0.2, 0.25) is 5.91 Å². The molecule has 0 bridgehead atoms. The lowest BCUT2D eigenvalue weighted by Gasteiger charge is -2.23. The van der Waals surface area contributed by atoms with Crippen molar-refractivity contribution in [3.63, 3.8) is 0 Å². The number of carbonyl (C=O) groups excluding carboxylic acids is 1. The lowest BCUT2D eigenvalue weighted by atomic mass is 10.1. The summed E-state index contributed by atoms with van der Waals surface area (Å²) in [6.07, 6.45) is 1.83. The number of hydrogen-bond acceptors (Lipinski definition) is 4. The van der Waals surface area contributed by atoms with Crippen LogP contribution >= 0.6 is 11.6 Å². The van der Waals surface area contributed by atoms with E-state index in [1.54, 1.807) is 14.2 Å². The molecule has 0 aromatic heterocycles. The maximum absolute atomic E-state index is 11.7. The first kappa shape index (κ1) is 14.9. The first-order valence-corrected chi connectivity index (χ1v) is 6.95. The Morgan fingerprint density at radius 2 is 2.20 bits per heavy atom. The number of carbonyl (C=O) groups is 1. The minimum atomic E-state index is -0.159. The molecular formula is C14H19ClN2O3. The first-order chi connectivity index (χ1) is 9.67. The average Bonchev–Trinajstić information content (AvgIpc) is 2.47. The molecule has 0 saturated carbocycles. The number of rotatable bonds is 5. The number of methoxy groups -OCH3 is 2. The molecular weight excluding hydrogens is 280 g/mol. The predicted molar refractivity (Wildman–Crippen MR) is 77.4 cm³/mol. The second kappa shape index (κ2) is 6.81. The molecule has 1 aromatic carbocycles. The highest BCUT2D eigenvalue weighted by molar-refractivity contribution is 6.33. The zero-order valence-corrected chi connectivity index (χ0v) is 12.4. The maximum Gasteiger partial charge on any atom is 0.237 e. The zero-order valence-electron chi connectivity index (χ0n) is 11.7. The number of hydrogen-bond donors (Lipinski definition) is 2. The minimum absolute atomic E-state index is 0.0489. The highest BCUT2D eigenvalue weighted by atomic mass is 35.5. The van der Waals surface area contributed by atoms with Crippen molar-refractivity contribution < 1.29 is 14.3 Å². The van der Waals surface area contributed by atoms with Crippen LogP contribution in [0.25, 0.3) is 0 Å². The lowest BCUT2D eigenvalue weighted by molar-refractivity contribution is -0.124. The van der Waals surface area contributed by atoms with Crippen molar-refractivity contribution in [2.45, 2.75) is 25.4 Å². The number of amides is 1. The number of halogens is 1. The van der Waals surface area contributed by atoms with Crippen LogP contribution in [0.4, 0.5) is 0 Å². The fraction of sp³-hybridized carbons (Fsp3) is 0.500. The van der Waals surface area contributed by atoms with Crippen molar-refractivity contribution in [3.8, 4) is 11.5 Å². The summed E-state index contributed by atoms with van der Waals surface area (Å²) in [6, 6.07) is 3.52. The van der Waals surface area contributed by atoms with Gasteiger partial charge in [-0.1, -0.05) is 17.7 Å². The molecule has 0 aliphatic carbocycles. The van der Waals surface area contributed by atoms with Gasteiger partial charge < -0.3 is 20.1 Å². The van der Waals surface area contributed by atoms with E-state index in [1.165, 1.54) is 0 Å². The van der Waals surface area contributed by atoms with E-state index >= 15 is 0 Å². The van der Waals surface area contributed by atoms with Gasteiger partial charge in [0, 0.05) is 13.1 Å². The third-order valence-corrected chi connectivity index (χ3v) is 3.80. The van der Waals surface area contributed by atoms with Crippen LogP contribution < -0.4 is 20.1 Å². The normalized spacial score (nSPS) is 18.6. The molecule has 0 radical (unpaired) electrons. The Kier molecular flexibility index (Phi) is 5.09. The Bertz CT molecular complexity index is 494. The van der Waals surface area contributed by atoms with Gasteiger partial charge >= 0.3 is 0 Å². The molecule has 1 aromatic rings. The Morgan fingerprint density at radius 1 is 1.40 bits per heavy atom. The Hall–Kier alpha value is -1.46. The summed E-state index contributed by atoms with van der Waals surface area (Å²) in [5.41, 5.74) is 0.877. The molecule has 1 amide bonds. The van der Waals surface area contributed by atoms with E-state index < -0.39 is 0 Å². The van der Waals surface area contributed by atoms with E-state index in [4.69, 9.17) is 21.1 Å². The van der Waals surface area contributed by atoms with Gasteiger partial charge in [-0.05, 0) is 24.5 Å². The number of piperidine rings is 1. The summed E-state index contributed by atoms with van der Waals surface area (Å²) in [4.78, 5) is 11.7. The van der Waals surface area contributed by atoms with E-state index in [2.05, 4.69) is 10.6 Å². The summed E-state index contributed by atoms with van der Waals surface area (Å²) in [6.45, 7) is 1.27. The number of benzene rings is 1. The van der Waals surface area contributed by atoms with Crippen LogP contribution in [0, 0.1) is 0 Å². The second-order valence-corrected chi connectivity index (χ2v) is 5.02. The van der Waals surface area contributed by atoms with Crippen LogP contribution in [0.3, 0.4) is 0 Å². The SMILES string of the molecule is COc1ccc(CNC2CCCNC2=O)c(Cl)c1OC. The van der Waals surface area contributed by atoms with Gasteiger partial charge in [0.25, 0.3) is 0 Å². The molecule has 1 aliphatic rings. The van der Waals surface area contributed by atoms with Gasteiger partial charge in [0.15, 0.2) is 11.5 Å². The molecule has 1 fully saturated rings. The third kappa shape index (κ3) is 3.16. The quantitative estimate of drug-likeness (QED) is 0.869. The predicted octanol–water partition coefficient (Wildman–Crippen LogP) is 1.73. The van der Waals surface area contributed by atoms with E-state index in [0.29, 0.717) is 23.1 Å². The largest absolute Gasteiger partial charge is 0.493 e. The molecule has 110 valence electrons. The van der Waals surface area contributed by atoms with E-state index in [-0.39, 0.29) is 11.9 Å². The Morgan fingerprint density at radius 3 is 2.85 bits per heavy atom. The van der Waals surface area contributed by atoms with E-state index in [1.807, 2.05) is 12.1 Å². The van der Waals surface area contributed by atoms with Crippen LogP contribution in [0.15, 0.2) is 12.1 Å². The van der Waals surface area contributed by atoms with Gasteiger partial charge in [-0.25, -0.2) is 0 Å². The molecule has 0 spiro atoms. The van der Waals surface area contributed by atoms with Crippen LogP contribution in [0.2, 0.25) is 5.02 Å². The Balaban J connectivity index is 2.07. The van der Waals surface area contributed by atoms with Crippen molar-refractivity contribution >= 4 is 17.5 Å². The molecule has 6 heteroatoms. The van der Waals surface area contributed by atoms with Crippen LogP contribution in [-0.2, 0) is 11.3 Å². The molecule has 2 rings (SSSR count). The highest BCUT2D eigenvalue weighted by Crippen LogP contribution is 2.37. The maximum atomic E-state index is 11.7. The van der Waals surface area contributed by atoms with Crippen molar-refractivity contribution in [1.82, 2.24) is 10.6 Å². The number of ether oxygens (including phenoxy) is 2. The molecule has 1 unspecified atom stereocenters. The smallest absolute Gasteiger partial charge is 0.237 e. The van der Waals surface area contributed by atoms with Crippen molar-refractivity contribution in [2.75, 3.05) is 20.8 Å². The molecule has 20 heavy (non-hydrogen) atoms. The first-order valence-electron chi connectivity index (χ1n) is 6.57. The third-order valence-electron chi connectivity index (χ3n) is 3.39. The topological polar surface area (TPSA) is 59.6 Å². The molecule has 2 N–H and O–H groups in total. The molecule has 1 saturated heterocycles. The minimum Gasteiger partial charge on any atom is -0.493 e. The zero-order chi connectivity index (χ0) is 14.5. The summed E-state index contributed by atoms with van der Waals surface area (Å²) in [5, 5.41) is 6.58. The summed E-state index contributed by atoms with van der Waals surface area (Å²) in [7, 11) is 3.12. The van der Waals surface area contributed by atoms with Crippen molar-refractivity contribution in [1.29, 1.82) is 0 Å².